The monoisotopic (exact) mass is 261 g/mol. The van der Waals surface area contributed by atoms with Gasteiger partial charge in [0, 0.05) is 0 Å². The van der Waals surface area contributed by atoms with Crippen molar-refractivity contribution in [3.05, 3.63) is 35.6 Å². The first-order valence-corrected chi connectivity index (χ1v) is 6.67. The topological polar surface area (TPSA) is 0 Å². The minimum atomic E-state index is -0.0931. The molecule has 1 aromatic rings. The van der Waals surface area contributed by atoms with Gasteiger partial charge in [-0.1, -0.05) is 0 Å². The first-order chi connectivity index (χ1) is 5.84. The van der Waals surface area contributed by atoms with Crippen molar-refractivity contribution in [3.63, 3.8) is 0 Å². The average molecular weight is 262 g/mol. The van der Waals surface area contributed by atoms with Crippen LogP contribution in [0.1, 0.15) is 18.4 Å². The molecule has 0 aliphatic heterocycles. The van der Waals surface area contributed by atoms with E-state index in [1.807, 2.05) is 6.07 Å². The molecule has 71 valence electrons. The van der Waals surface area contributed by atoms with E-state index in [4.69, 9.17) is 0 Å². The van der Waals surface area contributed by atoms with Gasteiger partial charge in [-0.15, -0.1) is 12.4 Å². The second kappa shape index (κ2) is 5.02. The van der Waals surface area contributed by atoms with Gasteiger partial charge in [-0.05, 0) is 0 Å². The molecular formula is C10H12AsClF. The third-order valence-electron chi connectivity index (χ3n) is 1.97. The molecule has 0 unspecified atom stereocenters. The summed E-state index contributed by atoms with van der Waals surface area (Å²) < 4.78 is 13.7. The van der Waals surface area contributed by atoms with Gasteiger partial charge >= 0.3 is 78.5 Å². The van der Waals surface area contributed by atoms with E-state index in [2.05, 4.69) is 0 Å². The van der Waals surface area contributed by atoms with Gasteiger partial charge < -0.3 is 0 Å². The van der Waals surface area contributed by atoms with Crippen molar-refractivity contribution in [2.45, 2.75) is 22.8 Å². The van der Waals surface area contributed by atoms with Crippen LogP contribution in [-0.4, -0.2) is 15.8 Å². The van der Waals surface area contributed by atoms with Crippen molar-refractivity contribution in [1.82, 2.24) is 0 Å². The maximum absolute atomic E-state index is 12.7. The summed E-state index contributed by atoms with van der Waals surface area (Å²) in [5, 5.41) is 1.14. The number of halogens is 2. The first kappa shape index (κ1) is 11.1. The Bertz CT molecular complexity index is 273. The molecule has 0 aromatic heterocycles. The zero-order valence-corrected chi connectivity index (χ0v) is 9.93. The van der Waals surface area contributed by atoms with Gasteiger partial charge in [-0.2, -0.15) is 0 Å². The van der Waals surface area contributed by atoms with E-state index in [0.717, 1.165) is 9.91 Å². The van der Waals surface area contributed by atoms with Crippen molar-refractivity contribution >= 4 is 28.2 Å². The van der Waals surface area contributed by atoms with Crippen LogP contribution >= 0.6 is 12.4 Å². The molecule has 0 N–H and O–H groups in total. The van der Waals surface area contributed by atoms with Crippen LogP contribution in [0.4, 0.5) is 4.39 Å². The fourth-order valence-corrected chi connectivity index (χ4v) is 3.60. The van der Waals surface area contributed by atoms with Crippen LogP contribution in [0.15, 0.2) is 24.3 Å². The normalized spacial score (nSPS) is 16.1. The molecule has 3 heteroatoms. The maximum atomic E-state index is 12.7. The Morgan fingerprint density at radius 1 is 1.38 bits per heavy atom. The second-order valence-electron chi connectivity index (χ2n) is 3.20. The molecule has 0 atom stereocenters. The van der Waals surface area contributed by atoms with E-state index in [1.165, 1.54) is 24.5 Å². The summed E-state index contributed by atoms with van der Waals surface area (Å²) in [6.07, 6.45) is 2.85. The minimum absolute atomic E-state index is 0. The van der Waals surface area contributed by atoms with Gasteiger partial charge in [0.15, 0.2) is 0 Å². The van der Waals surface area contributed by atoms with Crippen molar-refractivity contribution in [3.8, 4) is 0 Å². The van der Waals surface area contributed by atoms with Crippen LogP contribution in [0.25, 0.3) is 0 Å². The summed E-state index contributed by atoms with van der Waals surface area (Å²) in [4.78, 5) is 0. The van der Waals surface area contributed by atoms with Crippen LogP contribution in [-0.2, 0) is 5.21 Å². The van der Waals surface area contributed by atoms with Crippen molar-refractivity contribution < 1.29 is 4.39 Å². The summed E-state index contributed by atoms with van der Waals surface area (Å²) in [5.41, 5.74) is 1.18. The molecule has 1 radical (unpaired) electrons. The van der Waals surface area contributed by atoms with E-state index in [9.17, 15) is 4.39 Å². The molecule has 1 fully saturated rings. The molecule has 13 heavy (non-hydrogen) atoms. The van der Waals surface area contributed by atoms with Gasteiger partial charge in [0.2, 0.25) is 0 Å². The Morgan fingerprint density at radius 2 is 2.15 bits per heavy atom. The van der Waals surface area contributed by atoms with Gasteiger partial charge in [-0.25, -0.2) is 0 Å². The predicted molar refractivity (Wildman–Crippen MR) is 56.1 cm³/mol. The van der Waals surface area contributed by atoms with Gasteiger partial charge in [-0.3, -0.25) is 0 Å². The molecule has 1 aromatic carbocycles. The summed E-state index contributed by atoms with van der Waals surface area (Å²) in [6.45, 7) is 0. The number of benzene rings is 1. The Morgan fingerprint density at radius 3 is 2.77 bits per heavy atom. The third kappa shape index (κ3) is 3.70. The third-order valence-corrected chi connectivity index (χ3v) is 5.28. The van der Waals surface area contributed by atoms with E-state index < -0.39 is 0 Å². The molecule has 0 nitrogen and oxygen atoms in total. The second-order valence-corrected chi connectivity index (χ2v) is 6.16. The van der Waals surface area contributed by atoms with Crippen LogP contribution in [0.2, 0.25) is 4.71 Å². The zero-order valence-electron chi connectivity index (χ0n) is 7.24. The first-order valence-electron chi connectivity index (χ1n) is 4.25. The molecule has 1 saturated carbocycles. The molecule has 0 amide bonds. The molecule has 1 aliphatic rings. The molecular weight excluding hydrogens is 249 g/mol. The summed E-state index contributed by atoms with van der Waals surface area (Å²) in [6, 6.07) is 7.01. The van der Waals surface area contributed by atoms with E-state index in [0.29, 0.717) is 15.8 Å². The summed E-state index contributed by atoms with van der Waals surface area (Å²) >= 11 is 0.454. The molecule has 0 bridgehead atoms. The Hall–Kier alpha value is -0.00156. The average Bonchev–Trinajstić information content (AvgIpc) is 2.84. The molecule has 0 heterocycles. The SMILES string of the molecule is Cl.Fc1cccc(C[As]C2CC2)c1. The molecule has 0 spiro atoms. The summed E-state index contributed by atoms with van der Waals surface area (Å²) in [7, 11) is 0. The Balaban J connectivity index is 0.000000845. The number of rotatable bonds is 3. The van der Waals surface area contributed by atoms with E-state index >= 15 is 0 Å². The van der Waals surface area contributed by atoms with Gasteiger partial charge in [0.25, 0.3) is 0 Å². The fourth-order valence-electron chi connectivity index (χ4n) is 1.13. The molecule has 2 rings (SSSR count). The standard InChI is InChI=1S/C10H11AsF.ClH/c12-10-3-1-2-8(6-10)7-11-9-4-5-9;/h1-3,6,9H,4-5,7H2;1H. The van der Waals surface area contributed by atoms with Crippen LogP contribution in [0, 0.1) is 5.82 Å². The molecule has 0 saturated heterocycles. The quantitative estimate of drug-likeness (QED) is 0.734. The Kier molecular flexibility index (Phi) is 4.28. The number of hydrogen-bond acceptors (Lipinski definition) is 0. The summed E-state index contributed by atoms with van der Waals surface area (Å²) in [5.74, 6) is -0.0931. The molecule has 1 aliphatic carbocycles. The van der Waals surface area contributed by atoms with E-state index in [-0.39, 0.29) is 18.2 Å². The van der Waals surface area contributed by atoms with Crippen LogP contribution in [0.3, 0.4) is 0 Å². The predicted octanol–water partition coefficient (Wildman–Crippen LogP) is 3.03. The fraction of sp³-hybridized carbons (Fsp3) is 0.400. The van der Waals surface area contributed by atoms with Crippen LogP contribution in [0.5, 0.6) is 0 Å². The van der Waals surface area contributed by atoms with Crippen molar-refractivity contribution in [2.24, 2.45) is 0 Å². The number of hydrogen-bond donors (Lipinski definition) is 0. The van der Waals surface area contributed by atoms with Gasteiger partial charge in [0.05, 0.1) is 0 Å². The van der Waals surface area contributed by atoms with E-state index in [1.54, 1.807) is 12.1 Å². The Labute approximate surface area is 91.0 Å². The van der Waals surface area contributed by atoms with Gasteiger partial charge in [0.1, 0.15) is 0 Å². The zero-order chi connectivity index (χ0) is 8.39. The van der Waals surface area contributed by atoms with Crippen molar-refractivity contribution in [1.29, 1.82) is 0 Å². The van der Waals surface area contributed by atoms with Crippen LogP contribution < -0.4 is 0 Å². The van der Waals surface area contributed by atoms with Crippen molar-refractivity contribution in [2.75, 3.05) is 0 Å².